The van der Waals surface area contributed by atoms with Crippen LogP contribution in [0.1, 0.15) is 38.3 Å². The summed E-state index contributed by atoms with van der Waals surface area (Å²) in [4.78, 5) is 15.2. The molecule has 0 saturated heterocycles. The van der Waals surface area contributed by atoms with E-state index in [-0.39, 0.29) is 11.8 Å². The number of hydrogen-bond acceptors (Lipinski definition) is 4. The van der Waals surface area contributed by atoms with Crippen molar-refractivity contribution in [2.45, 2.75) is 40.3 Å². The second kappa shape index (κ2) is 11.4. The quantitative estimate of drug-likeness (QED) is 0.596. The van der Waals surface area contributed by atoms with E-state index in [0.717, 1.165) is 18.5 Å². The standard InChI is InChI=1S/C25H33ClN2O3/c1-18(2)16-28(25(29)19(3)14-27-15-20-8-5-4-6-9-20)17-21-12-22(26)24-23(13-21)30-10-7-11-31-24/h4-6,8-9,12-13,18-19,27H,7,10-11,14-17H2,1-3H3/t19-/m0/s1. The highest BCUT2D eigenvalue weighted by Gasteiger charge is 2.23. The Labute approximate surface area is 190 Å². The number of fused-ring (bicyclic) bond motifs is 1. The zero-order chi connectivity index (χ0) is 22.2. The predicted octanol–water partition coefficient (Wildman–Crippen LogP) is 4.91. The number of carbonyl (C=O) groups is 1. The van der Waals surface area contributed by atoms with E-state index in [1.165, 1.54) is 5.56 Å². The fraction of sp³-hybridized carbons (Fsp3) is 0.480. The summed E-state index contributed by atoms with van der Waals surface area (Å²) in [6, 6.07) is 14.1. The average molecular weight is 445 g/mol. The third-order valence-electron chi connectivity index (χ3n) is 5.18. The van der Waals surface area contributed by atoms with Gasteiger partial charge in [-0.05, 0) is 29.2 Å². The number of nitrogens with one attached hydrogen (secondary N) is 1. The van der Waals surface area contributed by atoms with Gasteiger partial charge < -0.3 is 19.7 Å². The van der Waals surface area contributed by atoms with Gasteiger partial charge in [-0.25, -0.2) is 0 Å². The molecule has 0 spiro atoms. The predicted molar refractivity (Wildman–Crippen MR) is 125 cm³/mol. The Morgan fingerprint density at radius 3 is 2.58 bits per heavy atom. The Morgan fingerprint density at radius 2 is 1.84 bits per heavy atom. The number of rotatable bonds is 9. The first-order valence-electron chi connectivity index (χ1n) is 11.1. The first kappa shape index (κ1) is 23.4. The lowest BCUT2D eigenvalue weighted by Crippen LogP contribution is -2.40. The molecule has 1 N–H and O–H groups in total. The van der Waals surface area contributed by atoms with E-state index in [2.05, 4.69) is 31.3 Å². The first-order chi connectivity index (χ1) is 14.9. The molecule has 2 aromatic rings. The number of hydrogen-bond donors (Lipinski definition) is 1. The molecule has 1 atom stereocenters. The molecule has 1 aliphatic rings. The van der Waals surface area contributed by atoms with Crippen LogP contribution in [0.5, 0.6) is 11.5 Å². The summed E-state index contributed by atoms with van der Waals surface area (Å²) in [6.45, 7) is 9.99. The van der Waals surface area contributed by atoms with Crippen molar-refractivity contribution in [1.82, 2.24) is 10.2 Å². The zero-order valence-corrected chi connectivity index (χ0v) is 19.5. The van der Waals surface area contributed by atoms with Gasteiger partial charge in [0.2, 0.25) is 5.91 Å². The van der Waals surface area contributed by atoms with Crippen molar-refractivity contribution in [1.29, 1.82) is 0 Å². The Hall–Kier alpha value is -2.24. The molecule has 0 aliphatic carbocycles. The van der Waals surface area contributed by atoms with Crippen LogP contribution in [0.2, 0.25) is 5.02 Å². The largest absolute Gasteiger partial charge is 0.489 e. The molecule has 1 heterocycles. The molecule has 6 heteroatoms. The minimum absolute atomic E-state index is 0.127. The fourth-order valence-corrected chi connectivity index (χ4v) is 3.98. The molecule has 1 amide bonds. The molecule has 0 unspecified atom stereocenters. The number of ether oxygens (including phenoxy) is 2. The molecule has 0 radical (unpaired) electrons. The third kappa shape index (κ3) is 6.88. The van der Waals surface area contributed by atoms with E-state index < -0.39 is 0 Å². The van der Waals surface area contributed by atoms with Crippen LogP contribution >= 0.6 is 11.6 Å². The lowest BCUT2D eigenvalue weighted by Gasteiger charge is -2.28. The molecule has 1 aliphatic heterocycles. The van der Waals surface area contributed by atoms with E-state index in [1.54, 1.807) is 0 Å². The highest BCUT2D eigenvalue weighted by molar-refractivity contribution is 6.32. The van der Waals surface area contributed by atoms with Gasteiger partial charge in [-0.3, -0.25) is 4.79 Å². The molecule has 0 bridgehead atoms. The van der Waals surface area contributed by atoms with Crippen LogP contribution in [0.15, 0.2) is 42.5 Å². The molecule has 168 valence electrons. The number of carbonyl (C=O) groups excluding carboxylic acids is 1. The lowest BCUT2D eigenvalue weighted by molar-refractivity contribution is -0.136. The molecule has 31 heavy (non-hydrogen) atoms. The second-order valence-electron chi connectivity index (χ2n) is 8.59. The smallest absolute Gasteiger partial charge is 0.226 e. The zero-order valence-electron chi connectivity index (χ0n) is 18.7. The van der Waals surface area contributed by atoms with Crippen LogP contribution in [0.3, 0.4) is 0 Å². The summed E-state index contributed by atoms with van der Waals surface area (Å²) in [7, 11) is 0. The third-order valence-corrected chi connectivity index (χ3v) is 5.46. The maximum atomic E-state index is 13.3. The molecule has 0 saturated carbocycles. The van der Waals surface area contributed by atoms with Gasteiger partial charge in [-0.1, -0.05) is 62.7 Å². The van der Waals surface area contributed by atoms with Crippen molar-refractivity contribution in [3.8, 4) is 11.5 Å². The van der Waals surface area contributed by atoms with Crippen LogP contribution < -0.4 is 14.8 Å². The van der Waals surface area contributed by atoms with E-state index in [0.29, 0.717) is 55.3 Å². The van der Waals surface area contributed by atoms with E-state index in [1.807, 2.05) is 42.2 Å². The summed E-state index contributed by atoms with van der Waals surface area (Å²) in [5, 5.41) is 3.94. The highest BCUT2D eigenvalue weighted by atomic mass is 35.5. The molecule has 0 aromatic heterocycles. The molecule has 0 fully saturated rings. The number of nitrogens with zero attached hydrogens (tertiary/aromatic N) is 1. The average Bonchev–Trinajstić information content (AvgIpc) is 2.99. The van der Waals surface area contributed by atoms with E-state index in [4.69, 9.17) is 21.1 Å². The van der Waals surface area contributed by atoms with Gasteiger partial charge in [-0.2, -0.15) is 0 Å². The van der Waals surface area contributed by atoms with Crippen molar-refractivity contribution in [2.75, 3.05) is 26.3 Å². The molecular weight excluding hydrogens is 412 g/mol. The minimum Gasteiger partial charge on any atom is -0.489 e. The molecular formula is C25H33ClN2O3. The van der Waals surface area contributed by atoms with Gasteiger partial charge in [0.15, 0.2) is 11.5 Å². The number of halogens is 1. The Morgan fingerprint density at radius 1 is 1.10 bits per heavy atom. The van der Waals surface area contributed by atoms with Gasteiger partial charge in [0, 0.05) is 38.5 Å². The first-order valence-corrected chi connectivity index (χ1v) is 11.4. The van der Waals surface area contributed by atoms with Crippen molar-refractivity contribution in [3.63, 3.8) is 0 Å². The van der Waals surface area contributed by atoms with Crippen molar-refractivity contribution < 1.29 is 14.3 Å². The summed E-state index contributed by atoms with van der Waals surface area (Å²) in [5.74, 6) is 1.64. The summed E-state index contributed by atoms with van der Waals surface area (Å²) in [5.41, 5.74) is 2.16. The van der Waals surface area contributed by atoms with Crippen LogP contribution in [0.25, 0.3) is 0 Å². The molecule has 5 nitrogen and oxygen atoms in total. The highest BCUT2D eigenvalue weighted by Crippen LogP contribution is 2.38. The van der Waals surface area contributed by atoms with Gasteiger partial charge >= 0.3 is 0 Å². The number of amides is 1. The van der Waals surface area contributed by atoms with Crippen molar-refractivity contribution >= 4 is 17.5 Å². The fourth-order valence-electron chi connectivity index (χ4n) is 3.70. The molecule has 3 rings (SSSR count). The van der Waals surface area contributed by atoms with E-state index in [9.17, 15) is 4.79 Å². The maximum absolute atomic E-state index is 13.3. The van der Waals surface area contributed by atoms with Crippen molar-refractivity contribution in [3.05, 3.63) is 58.6 Å². The van der Waals surface area contributed by atoms with Crippen LogP contribution in [-0.2, 0) is 17.9 Å². The number of benzene rings is 2. The Kier molecular flexibility index (Phi) is 8.61. The maximum Gasteiger partial charge on any atom is 0.226 e. The van der Waals surface area contributed by atoms with Gasteiger partial charge in [0.1, 0.15) is 0 Å². The van der Waals surface area contributed by atoms with Crippen LogP contribution in [-0.4, -0.2) is 37.1 Å². The Balaban J connectivity index is 1.65. The normalized spacial score (nSPS) is 14.2. The summed E-state index contributed by atoms with van der Waals surface area (Å²) < 4.78 is 11.5. The van der Waals surface area contributed by atoms with Crippen LogP contribution in [0, 0.1) is 11.8 Å². The van der Waals surface area contributed by atoms with Gasteiger partial charge in [0.05, 0.1) is 18.2 Å². The van der Waals surface area contributed by atoms with Crippen molar-refractivity contribution in [2.24, 2.45) is 11.8 Å². The minimum atomic E-state index is -0.127. The second-order valence-corrected chi connectivity index (χ2v) is 8.99. The topological polar surface area (TPSA) is 50.8 Å². The molecule has 2 aromatic carbocycles. The van der Waals surface area contributed by atoms with Gasteiger partial charge in [-0.15, -0.1) is 0 Å². The summed E-state index contributed by atoms with van der Waals surface area (Å²) >= 11 is 6.46. The monoisotopic (exact) mass is 444 g/mol. The summed E-state index contributed by atoms with van der Waals surface area (Å²) in [6.07, 6.45) is 0.825. The van der Waals surface area contributed by atoms with Gasteiger partial charge in [0.25, 0.3) is 0 Å². The Bertz CT molecular complexity index is 857. The SMILES string of the molecule is CC(C)CN(Cc1cc(Cl)c2c(c1)OCCCO2)C(=O)[C@@H](C)CNCc1ccccc1. The van der Waals surface area contributed by atoms with Crippen LogP contribution in [0.4, 0.5) is 0 Å². The van der Waals surface area contributed by atoms with E-state index >= 15 is 0 Å². The lowest BCUT2D eigenvalue weighted by atomic mass is 10.1.